The van der Waals surface area contributed by atoms with Gasteiger partial charge in [-0.05, 0) is 6.07 Å². The first-order chi connectivity index (χ1) is 5.86. The first-order valence-electron chi connectivity index (χ1n) is 3.55. The summed E-state index contributed by atoms with van der Waals surface area (Å²) in [6.45, 7) is 0. The van der Waals surface area contributed by atoms with E-state index in [4.69, 9.17) is 16.3 Å². The van der Waals surface area contributed by atoms with Crippen molar-refractivity contribution in [3.8, 4) is 5.88 Å². The Kier molecular flexibility index (Phi) is 4.25. The van der Waals surface area contributed by atoms with Gasteiger partial charge in [-0.1, -0.05) is 0 Å². The average molecular weight is 204 g/mol. The van der Waals surface area contributed by atoms with Crippen molar-refractivity contribution in [3.05, 3.63) is 18.3 Å². The number of methoxy groups -OCH3 is 1. The molecule has 0 radical (unpaired) electrons. The molecule has 0 N–H and O–H groups in total. The Bertz CT molecular complexity index is 244. The number of ether oxygens (including phenoxy) is 1. The number of nitrogens with zero attached hydrogens (tertiary/aromatic N) is 1. The second-order valence-corrected chi connectivity index (χ2v) is 3.62. The Balaban J connectivity index is 2.60. The molecule has 0 amide bonds. The Morgan fingerprint density at radius 1 is 1.67 bits per heavy atom. The molecule has 0 aliphatic heterocycles. The van der Waals surface area contributed by atoms with Crippen molar-refractivity contribution in [2.75, 3.05) is 18.7 Å². The summed E-state index contributed by atoms with van der Waals surface area (Å²) in [7, 11) is 1.61. The molecule has 0 unspecified atom stereocenters. The Morgan fingerprint density at radius 3 is 3.17 bits per heavy atom. The van der Waals surface area contributed by atoms with Crippen molar-refractivity contribution in [1.82, 2.24) is 4.98 Å². The van der Waals surface area contributed by atoms with E-state index in [2.05, 4.69) is 4.98 Å². The lowest BCUT2D eigenvalue weighted by Gasteiger charge is -2.01. The number of hydrogen-bond donors (Lipinski definition) is 0. The van der Waals surface area contributed by atoms with Crippen LogP contribution in [-0.4, -0.2) is 23.7 Å². The minimum absolute atomic E-state index is 0.648. The van der Waals surface area contributed by atoms with E-state index in [0.29, 0.717) is 11.8 Å². The smallest absolute Gasteiger partial charge is 0.214 e. The van der Waals surface area contributed by atoms with Crippen LogP contribution in [-0.2, 0) is 0 Å². The molecule has 0 aromatic carbocycles. The van der Waals surface area contributed by atoms with E-state index >= 15 is 0 Å². The molecule has 0 saturated carbocycles. The van der Waals surface area contributed by atoms with Crippen molar-refractivity contribution in [3.63, 3.8) is 0 Å². The number of rotatable bonds is 4. The average Bonchev–Trinajstić information content (AvgIpc) is 2.15. The molecule has 12 heavy (non-hydrogen) atoms. The molecule has 1 rings (SSSR count). The molecule has 1 aromatic rings. The van der Waals surface area contributed by atoms with Gasteiger partial charge >= 0.3 is 0 Å². The van der Waals surface area contributed by atoms with Crippen LogP contribution < -0.4 is 4.74 Å². The van der Waals surface area contributed by atoms with Crippen LogP contribution in [0.15, 0.2) is 23.2 Å². The van der Waals surface area contributed by atoms with Crippen molar-refractivity contribution >= 4 is 23.4 Å². The van der Waals surface area contributed by atoms with Crippen LogP contribution in [0, 0.1) is 0 Å². The number of hydrogen-bond acceptors (Lipinski definition) is 3. The molecule has 0 saturated heterocycles. The summed E-state index contributed by atoms with van der Waals surface area (Å²) in [5.74, 6) is 2.22. The lowest BCUT2D eigenvalue weighted by atomic mass is 10.5. The van der Waals surface area contributed by atoms with Gasteiger partial charge in [0.25, 0.3) is 0 Å². The molecule has 1 aromatic heterocycles. The normalized spacial score (nSPS) is 9.83. The van der Waals surface area contributed by atoms with Gasteiger partial charge in [0, 0.05) is 28.8 Å². The monoisotopic (exact) mass is 203 g/mol. The summed E-state index contributed by atoms with van der Waals surface area (Å²) >= 11 is 7.26. The van der Waals surface area contributed by atoms with E-state index in [1.807, 2.05) is 12.1 Å². The van der Waals surface area contributed by atoms with Crippen LogP contribution in [0.4, 0.5) is 0 Å². The first kappa shape index (κ1) is 9.68. The van der Waals surface area contributed by atoms with Gasteiger partial charge in [0.2, 0.25) is 5.88 Å². The molecule has 0 spiro atoms. The fourth-order valence-electron chi connectivity index (χ4n) is 0.749. The van der Waals surface area contributed by atoms with Gasteiger partial charge in [-0.2, -0.15) is 0 Å². The predicted octanol–water partition coefficient (Wildman–Crippen LogP) is 2.42. The number of aromatic nitrogens is 1. The quantitative estimate of drug-likeness (QED) is 0.554. The second-order valence-electron chi connectivity index (χ2n) is 2.07. The van der Waals surface area contributed by atoms with Gasteiger partial charge in [0.1, 0.15) is 0 Å². The van der Waals surface area contributed by atoms with E-state index in [1.54, 1.807) is 25.1 Å². The fourth-order valence-corrected chi connectivity index (χ4v) is 1.63. The largest absolute Gasteiger partial charge is 0.481 e. The maximum absolute atomic E-state index is 5.56. The predicted molar refractivity (Wildman–Crippen MR) is 52.2 cm³/mol. The number of halogens is 1. The molecule has 0 bridgehead atoms. The Hall–Kier alpha value is -0.410. The highest BCUT2D eigenvalue weighted by molar-refractivity contribution is 7.99. The molecule has 1 heterocycles. The van der Waals surface area contributed by atoms with Crippen LogP contribution in [0.25, 0.3) is 0 Å². The molecule has 0 aliphatic carbocycles. The van der Waals surface area contributed by atoms with Crippen molar-refractivity contribution in [2.24, 2.45) is 0 Å². The van der Waals surface area contributed by atoms with Crippen LogP contribution in [0.3, 0.4) is 0 Å². The summed E-state index contributed by atoms with van der Waals surface area (Å²) < 4.78 is 4.98. The maximum Gasteiger partial charge on any atom is 0.214 e. The fraction of sp³-hybridized carbons (Fsp3) is 0.375. The van der Waals surface area contributed by atoms with Crippen LogP contribution in [0.2, 0.25) is 0 Å². The SMILES string of the molecule is COc1cc(SCCCl)ccn1. The van der Waals surface area contributed by atoms with Crippen LogP contribution in [0.5, 0.6) is 5.88 Å². The van der Waals surface area contributed by atoms with Crippen molar-refractivity contribution in [2.45, 2.75) is 4.90 Å². The number of thioether (sulfide) groups is 1. The van der Waals surface area contributed by atoms with Gasteiger partial charge in [-0.25, -0.2) is 4.98 Å². The summed E-state index contributed by atoms with van der Waals surface area (Å²) in [5, 5.41) is 0. The third-order valence-corrected chi connectivity index (χ3v) is 2.67. The highest BCUT2D eigenvalue weighted by atomic mass is 35.5. The summed E-state index contributed by atoms with van der Waals surface area (Å²) in [4.78, 5) is 5.14. The zero-order valence-electron chi connectivity index (χ0n) is 6.79. The third-order valence-electron chi connectivity index (χ3n) is 1.26. The standard InChI is InChI=1S/C8H10ClNOS/c1-11-8-6-7(2-4-10-8)12-5-3-9/h2,4,6H,3,5H2,1H3. The Labute approximate surface area is 81.3 Å². The van der Waals surface area contributed by atoms with Crippen LogP contribution in [0.1, 0.15) is 0 Å². The van der Waals surface area contributed by atoms with Crippen LogP contribution >= 0.6 is 23.4 Å². The molecular formula is C8H10ClNOS. The summed E-state index contributed by atoms with van der Waals surface area (Å²) in [6.07, 6.45) is 1.73. The van der Waals surface area contributed by atoms with Gasteiger partial charge in [0.15, 0.2) is 0 Å². The van der Waals surface area contributed by atoms with Crippen molar-refractivity contribution < 1.29 is 4.74 Å². The van der Waals surface area contributed by atoms with Crippen molar-refractivity contribution in [1.29, 1.82) is 0 Å². The number of pyridine rings is 1. The topological polar surface area (TPSA) is 22.1 Å². The molecule has 4 heteroatoms. The molecule has 0 aliphatic rings. The highest BCUT2D eigenvalue weighted by Crippen LogP contribution is 2.20. The van der Waals surface area contributed by atoms with E-state index in [9.17, 15) is 0 Å². The van der Waals surface area contributed by atoms with Gasteiger partial charge in [-0.15, -0.1) is 23.4 Å². The molecule has 0 atom stereocenters. The van der Waals surface area contributed by atoms with Gasteiger partial charge < -0.3 is 4.74 Å². The zero-order chi connectivity index (χ0) is 8.81. The zero-order valence-corrected chi connectivity index (χ0v) is 8.36. The van der Waals surface area contributed by atoms with E-state index in [1.165, 1.54) is 0 Å². The molecule has 66 valence electrons. The maximum atomic E-state index is 5.56. The highest BCUT2D eigenvalue weighted by Gasteiger charge is 1.96. The first-order valence-corrected chi connectivity index (χ1v) is 5.07. The van der Waals surface area contributed by atoms with Gasteiger partial charge in [-0.3, -0.25) is 0 Å². The lowest BCUT2D eigenvalue weighted by Crippen LogP contribution is -1.87. The minimum Gasteiger partial charge on any atom is -0.481 e. The Morgan fingerprint density at radius 2 is 2.50 bits per heavy atom. The summed E-state index contributed by atoms with van der Waals surface area (Å²) in [6, 6.07) is 3.84. The lowest BCUT2D eigenvalue weighted by molar-refractivity contribution is 0.396. The molecular weight excluding hydrogens is 194 g/mol. The molecule has 0 fully saturated rings. The minimum atomic E-state index is 0.648. The van der Waals surface area contributed by atoms with E-state index in [0.717, 1.165) is 10.6 Å². The van der Waals surface area contributed by atoms with E-state index in [-0.39, 0.29) is 0 Å². The van der Waals surface area contributed by atoms with E-state index < -0.39 is 0 Å². The number of alkyl halides is 1. The van der Waals surface area contributed by atoms with Gasteiger partial charge in [0.05, 0.1) is 7.11 Å². The third kappa shape index (κ3) is 2.91. The summed E-state index contributed by atoms with van der Waals surface area (Å²) in [5.41, 5.74) is 0. The molecule has 2 nitrogen and oxygen atoms in total. The second kappa shape index (κ2) is 5.27.